The highest BCUT2D eigenvalue weighted by Crippen LogP contribution is 2.29. The molecule has 0 aliphatic carbocycles. The van der Waals surface area contributed by atoms with Crippen LogP contribution in [0.2, 0.25) is 0 Å². The Kier molecular flexibility index (Phi) is 7.66. The van der Waals surface area contributed by atoms with E-state index in [2.05, 4.69) is 9.97 Å². The molecule has 3 atom stereocenters. The Morgan fingerprint density at radius 3 is 1.83 bits per heavy atom. The van der Waals surface area contributed by atoms with Gasteiger partial charge in [-0.15, -0.1) is 0 Å². The number of imidazole rings is 2. The van der Waals surface area contributed by atoms with E-state index in [1.54, 1.807) is 13.8 Å². The highest BCUT2D eigenvalue weighted by molar-refractivity contribution is 5.73. The molecule has 0 saturated heterocycles. The van der Waals surface area contributed by atoms with Crippen molar-refractivity contribution in [2.45, 2.75) is 51.2 Å². The molecule has 3 unspecified atom stereocenters. The standard InChI is InChI=1S/C18H26N6O6/c1-11(14-20-6-9-23(14)17(27)28)22(8-4-3-5-13(19)16(25)26)12(2)15-21-7-10-24(15)18(29)30/h6-7,9-13H,3-5,8,19H2,1-2H3,(H,25,26)(H,27,28)(H,29,30). The maximum atomic E-state index is 11.5. The smallest absolute Gasteiger partial charge is 0.417 e. The summed E-state index contributed by atoms with van der Waals surface area (Å²) in [6, 6.07) is -1.93. The third kappa shape index (κ3) is 5.21. The molecule has 30 heavy (non-hydrogen) atoms. The number of nitrogens with two attached hydrogens (primary N) is 1. The first-order valence-corrected chi connectivity index (χ1v) is 9.42. The number of carbonyl (C=O) groups is 3. The van der Waals surface area contributed by atoms with Gasteiger partial charge in [0.2, 0.25) is 0 Å². The molecule has 5 N–H and O–H groups in total. The van der Waals surface area contributed by atoms with Crippen LogP contribution in [0.15, 0.2) is 24.8 Å². The van der Waals surface area contributed by atoms with Crippen molar-refractivity contribution in [3.8, 4) is 0 Å². The number of hydrogen-bond donors (Lipinski definition) is 4. The summed E-state index contributed by atoms with van der Waals surface area (Å²) in [7, 11) is 0. The van der Waals surface area contributed by atoms with E-state index in [0.717, 1.165) is 9.13 Å². The lowest BCUT2D eigenvalue weighted by atomic mass is 10.1. The Morgan fingerprint density at radius 1 is 0.967 bits per heavy atom. The van der Waals surface area contributed by atoms with Crippen molar-refractivity contribution in [3.05, 3.63) is 36.4 Å². The second kappa shape index (κ2) is 9.98. The van der Waals surface area contributed by atoms with Crippen LogP contribution in [-0.2, 0) is 4.79 Å². The Morgan fingerprint density at radius 2 is 1.43 bits per heavy atom. The summed E-state index contributed by atoms with van der Waals surface area (Å²) in [4.78, 5) is 44.1. The van der Waals surface area contributed by atoms with Gasteiger partial charge >= 0.3 is 18.2 Å². The summed E-state index contributed by atoms with van der Waals surface area (Å²) in [5, 5.41) is 27.7. The summed E-state index contributed by atoms with van der Waals surface area (Å²) in [5.74, 6) is -0.504. The lowest BCUT2D eigenvalue weighted by molar-refractivity contribution is -0.138. The van der Waals surface area contributed by atoms with Crippen LogP contribution in [0.25, 0.3) is 0 Å². The zero-order valence-corrected chi connectivity index (χ0v) is 16.7. The minimum Gasteiger partial charge on any atom is -0.480 e. The molecule has 0 bridgehead atoms. The lowest BCUT2D eigenvalue weighted by Crippen LogP contribution is -2.35. The molecule has 0 aromatic carbocycles. The Labute approximate surface area is 172 Å². The molecule has 0 amide bonds. The number of nitrogens with zero attached hydrogens (tertiary/aromatic N) is 5. The number of hydrogen-bond acceptors (Lipinski definition) is 7. The van der Waals surface area contributed by atoms with Crippen LogP contribution in [0.4, 0.5) is 9.59 Å². The summed E-state index contributed by atoms with van der Waals surface area (Å²) in [6.07, 6.45) is 4.46. The summed E-state index contributed by atoms with van der Waals surface area (Å²) >= 11 is 0. The maximum absolute atomic E-state index is 11.5. The normalized spacial score (nSPS) is 14.4. The number of unbranched alkanes of at least 4 members (excludes halogenated alkanes) is 1. The van der Waals surface area contributed by atoms with E-state index in [4.69, 9.17) is 10.8 Å². The largest absolute Gasteiger partial charge is 0.480 e. The maximum Gasteiger partial charge on any atom is 0.417 e. The van der Waals surface area contributed by atoms with Gasteiger partial charge in [0.15, 0.2) is 0 Å². The number of rotatable bonds is 10. The van der Waals surface area contributed by atoms with Crippen LogP contribution >= 0.6 is 0 Å². The predicted octanol–water partition coefficient (Wildman–Crippen LogP) is 1.84. The van der Waals surface area contributed by atoms with Crippen LogP contribution in [0.5, 0.6) is 0 Å². The first kappa shape index (κ1) is 23.0. The molecule has 164 valence electrons. The molecule has 2 rings (SSSR count). The Balaban J connectivity index is 2.26. The minimum absolute atomic E-state index is 0.282. The molecular formula is C18H26N6O6. The van der Waals surface area contributed by atoms with Crippen LogP contribution in [0, 0.1) is 0 Å². The van der Waals surface area contributed by atoms with Gasteiger partial charge in [0, 0.05) is 24.8 Å². The van der Waals surface area contributed by atoms with Gasteiger partial charge in [0.25, 0.3) is 0 Å². The van der Waals surface area contributed by atoms with Crippen molar-refractivity contribution in [1.29, 1.82) is 0 Å². The number of carboxylic acids is 1. The third-order valence-electron chi connectivity index (χ3n) is 4.99. The van der Waals surface area contributed by atoms with E-state index >= 15 is 0 Å². The first-order valence-electron chi connectivity index (χ1n) is 9.42. The Bertz CT molecular complexity index is 835. The molecule has 2 aromatic rings. The third-order valence-corrected chi connectivity index (χ3v) is 4.99. The van der Waals surface area contributed by atoms with Crippen LogP contribution in [-0.4, -0.2) is 70.1 Å². The van der Waals surface area contributed by atoms with Gasteiger partial charge in [0.05, 0.1) is 12.1 Å². The molecule has 0 saturated carbocycles. The zero-order valence-electron chi connectivity index (χ0n) is 16.7. The van der Waals surface area contributed by atoms with Gasteiger partial charge in [-0.1, -0.05) is 6.42 Å². The fourth-order valence-corrected chi connectivity index (χ4v) is 3.37. The zero-order chi connectivity index (χ0) is 22.4. The monoisotopic (exact) mass is 422 g/mol. The van der Waals surface area contributed by atoms with Crippen molar-refractivity contribution in [3.63, 3.8) is 0 Å². The van der Waals surface area contributed by atoms with E-state index in [1.165, 1.54) is 24.8 Å². The van der Waals surface area contributed by atoms with Gasteiger partial charge in [-0.05, 0) is 33.2 Å². The number of aliphatic carboxylic acids is 1. The average Bonchev–Trinajstić information content (AvgIpc) is 3.36. The topological polar surface area (TPSA) is 177 Å². The van der Waals surface area contributed by atoms with Crippen molar-refractivity contribution < 1.29 is 29.7 Å². The quantitative estimate of drug-likeness (QED) is 0.413. The van der Waals surface area contributed by atoms with Gasteiger partial charge in [-0.3, -0.25) is 9.69 Å². The lowest BCUT2D eigenvalue weighted by Gasteiger charge is -2.33. The van der Waals surface area contributed by atoms with Crippen molar-refractivity contribution in [1.82, 2.24) is 24.0 Å². The molecule has 2 heterocycles. The van der Waals surface area contributed by atoms with Crippen molar-refractivity contribution >= 4 is 18.2 Å². The van der Waals surface area contributed by atoms with Crippen LogP contribution in [0.1, 0.15) is 56.8 Å². The highest BCUT2D eigenvalue weighted by Gasteiger charge is 2.29. The fourth-order valence-electron chi connectivity index (χ4n) is 3.37. The van der Waals surface area contributed by atoms with E-state index in [-0.39, 0.29) is 11.6 Å². The van der Waals surface area contributed by atoms with E-state index in [0.29, 0.717) is 25.8 Å². The highest BCUT2D eigenvalue weighted by atomic mass is 16.4. The van der Waals surface area contributed by atoms with Gasteiger partial charge in [-0.25, -0.2) is 28.7 Å². The second-order valence-corrected chi connectivity index (χ2v) is 6.91. The van der Waals surface area contributed by atoms with E-state index in [9.17, 15) is 24.6 Å². The fraction of sp³-hybridized carbons (Fsp3) is 0.500. The van der Waals surface area contributed by atoms with Gasteiger partial charge < -0.3 is 21.1 Å². The molecule has 0 radical (unpaired) electrons. The molecular weight excluding hydrogens is 396 g/mol. The molecule has 12 heteroatoms. The second-order valence-electron chi connectivity index (χ2n) is 6.91. The average molecular weight is 422 g/mol. The minimum atomic E-state index is -1.18. The first-order chi connectivity index (χ1) is 14.1. The number of aromatic nitrogens is 4. The Hall–Kier alpha value is -3.25. The molecule has 0 aliphatic heterocycles. The van der Waals surface area contributed by atoms with Crippen molar-refractivity contribution in [2.24, 2.45) is 5.73 Å². The predicted molar refractivity (Wildman–Crippen MR) is 104 cm³/mol. The van der Waals surface area contributed by atoms with E-state index < -0.39 is 36.3 Å². The summed E-state index contributed by atoms with van der Waals surface area (Å²) in [6.45, 7) is 3.97. The molecule has 12 nitrogen and oxygen atoms in total. The van der Waals surface area contributed by atoms with Crippen molar-refractivity contribution in [2.75, 3.05) is 6.54 Å². The van der Waals surface area contributed by atoms with Crippen LogP contribution in [0.3, 0.4) is 0 Å². The molecule has 0 fully saturated rings. The van der Waals surface area contributed by atoms with E-state index in [1.807, 2.05) is 4.90 Å². The SMILES string of the molecule is CC(c1nccn1C(=O)O)N(CCCCC(N)C(=O)O)C(C)c1nccn1C(=O)O. The van der Waals surface area contributed by atoms with Gasteiger partial charge in [0.1, 0.15) is 17.7 Å². The number of carboxylic acid groups (broad SMARTS) is 3. The van der Waals surface area contributed by atoms with Gasteiger partial charge in [-0.2, -0.15) is 0 Å². The molecule has 0 aliphatic rings. The van der Waals surface area contributed by atoms with Crippen LogP contribution < -0.4 is 5.73 Å². The molecule has 2 aromatic heterocycles. The molecule has 0 spiro atoms. The summed E-state index contributed by atoms with van der Waals surface area (Å²) < 4.78 is 2.02. The summed E-state index contributed by atoms with van der Waals surface area (Å²) in [5.41, 5.74) is 5.54.